The van der Waals surface area contributed by atoms with Crippen molar-refractivity contribution >= 4 is 17.6 Å². The number of amides is 1. The van der Waals surface area contributed by atoms with Crippen molar-refractivity contribution in [3.8, 4) is 17.2 Å². The summed E-state index contributed by atoms with van der Waals surface area (Å²) >= 11 is 0. The molecule has 0 radical (unpaired) electrons. The maximum Gasteiger partial charge on any atom is 0.311 e. The zero-order chi connectivity index (χ0) is 27.5. The maximum atomic E-state index is 13.5. The number of benzene rings is 3. The van der Waals surface area contributed by atoms with Gasteiger partial charge in [-0.1, -0.05) is 35.9 Å². The lowest BCUT2D eigenvalue weighted by Gasteiger charge is -2.28. The lowest BCUT2D eigenvalue weighted by Crippen LogP contribution is -2.35. The predicted octanol–water partition coefficient (Wildman–Crippen LogP) is 5.00. The van der Waals surface area contributed by atoms with Gasteiger partial charge in [-0.15, -0.1) is 0 Å². The van der Waals surface area contributed by atoms with E-state index in [-0.39, 0.29) is 43.8 Å². The molecule has 8 heteroatoms. The van der Waals surface area contributed by atoms with Gasteiger partial charge in [0.05, 0.1) is 26.2 Å². The van der Waals surface area contributed by atoms with E-state index in [1.165, 1.54) is 0 Å². The van der Waals surface area contributed by atoms with Gasteiger partial charge < -0.3 is 24.3 Å². The van der Waals surface area contributed by atoms with Crippen molar-refractivity contribution in [3.05, 3.63) is 82.9 Å². The smallest absolute Gasteiger partial charge is 0.311 e. The second kappa shape index (κ2) is 11.4. The number of hydrogen-bond acceptors (Lipinski definition) is 7. The van der Waals surface area contributed by atoms with Crippen LogP contribution < -0.4 is 19.5 Å². The first-order valence-electron chi connectivity index (χ1n) is 13.2. The van der Waals surface area contributed by atoms with E-state index in [0.29, 0.717) is 18.0 Å². The Morgan fingerprint density at radius 1 is 0.974 bits per heavy atom. The third kappa shape index (κ3) is 5.56. The lowest BCUT2D eigenvalue weighted by atomic mass is 9.82. The number of esters is 1. The van der Waals surface area contributed by atoms with E-state index in [1.807, 2.05) is 74.5 Å². The van der Waals surface area contributed by atoms with Crippen molar-refractivity contribution in [2.24, 2.45) is 5.92 Å². The van der Waals surface area contributed by atoms with Crippen LogP contribution in [0.4, 0.5) is 5.69 Å². The summed E-state index contributed by atoms with van der Waals surface area (Å²) in [5.41, 5.74) is 4.76. The number of methoxy groups -OCH3 is 1. The minimum atomic E-state index is -0.535. The molecule has 0 aliphatic carbocycles. The van der Waals surface area contributed by atoms with E-state index in [9.17, 15) is 9.59 Å². The first kappa shape index (κ1) is 26.6. The summed E-state index contributed by atoms with van der Waals surface area (Å²) in [5.74, 6) is 0.860. The molecule has 1 saturated heterocycles. The zero-order valence-electron chi connectivity index (χ0n) is 22.7. The average Bonchev–Trinajstić information content (AvgIpc) is 3.55. The molecule has 2 heterocycles. The number of aryl methyl sites for hydroxylation is 2. The summed E-state index contributed by atoms with van der Waals surface area (Å²) in [4.78, 5) is 29.0. The van der Waals surface area contributed by atoms with Gasteiger partial charge >= 0.3 is 5.97 Å². The number of likely N-dealkylation sites (tertiary alicyclic amines) is 1. The number of carbonyl (C=O) groups excluding carboxylic acids is 2. The number of nitrogens with one attached hydrogen (secondary N) is 1. The second-order valence-electron chi connectivity index (χ2n) is 10.0. The van der Waals surface area contributed by atoms with Crippen molar-refractivity contribution in [2.45, 2.75) is 32.7 Å². The molecular weight excluding hydrogens is 496 g/mol. The molecule has 0 aromatic heterocycles. The van der Waals surface area contributed by atoms with Gasteiger partial charge in [0.15, 0.2) is 11.5 Å². The Kier molecular flexibility index (Phi) is 7.74. The number of carbonyl (C=O) groups is 2. The summed E-state index contributed by atoms with van der Waals surface area (Å²) in [6.45, 7) is 6.84. The Labute approximate surface area is 228 Å². The summed E-state index contributed by atoms with van der Waals surface area (Å²) < 4.78 is 22.1. The van der Waals surface area contributed by atoms with Crippen molar-refractivity contribution in [3.63, 3.8) is 0 Å². The molecule has 5 rings (SSSR count). The van der Waals surface area contributed by atoms with Gasteiger partial charge in [-0.2, -0.15) is 0 Å². The Morgan fingerprint density at radius 2 is 1.72 bits per heavy atom. The fourth-order valence-electron chi connectivity index (χ4n) is 5.63. The minimum absolute atomic E-state index is 0.112. The SMILES string of the molecule is CCOC(=O)[C@@H]1[C@@H](c2ccc3c(c2)OCO3)CN(CC(=O)Nc2ccc(C)cc2C)[C@H]1c1ccc(OC)cc1. The highest BCUT2D eigenvalue weighted by Crippen LogP contribution is 2.48. The first-order valence-corrected chi connectivity index (χ1v) is 13.2. The Hall–Kier alpha value is -4.04. The molecule has 0 saturated carbocycles. The van der Waals surface area contributed by atoms with Crippen LogP contribution in [0.25, 0.3) is 0 Å². The van der Waals surface area contributed by atoms with Crippen molar-refractivity contribution < 1.29 is 28.5 Å². The molecule has 0 bridgehead atoms. The molecule has 3 atom stereocenters. The molecule has 8 nitrogen and oxygen atoms in total. The summed E-state index contributed by atoms with van der Waals surface area (Å²) in [6.07, 6.45) is 0. The van der Waals surface area contributed by atoms with Gasteiger partial charge in [0.2, 0.25) is 12.7 Å². The van der Waals surface area contributed by atoms with Gasteiger partial charge in [0.25, 0.3) is 0 Å². The van der Waals surface area contributed by atoms with Crippen LogP contribution >= 0.6 is 0 Å². The fourth-order valence-corrected chi connectivity index (χ4v) is 5.63. The third-order valence-electron chi connectivity index (χ3n) is 7.44. The standard InChI is InChI=1S/C31H34N2O6/c1-5-37-31(35)29-24(22-9-13-26-27(15-22)39-18-38-26)16-33(30(29)21-7-10-23(36-4)11-8-21)17-28(34)32-25-12-6-19(2)14-20(25)3/h6-15,24,29-30H,5,16-18H2,1-4H3,(H,32,34)/t24-,29-,30+/m1/s1. The van der Waals surface area contributed by atoms with E-state index >= 15 is 0 Å². The number of ether oxygens (including phenoxy) is 4. The molecule has 1 N–H and O–H groups in total. The van der Waals surface area contributed by atoms with E-state index < -0.39 is 5.92 Å². The van der Waals surface area contributed by atoms with Crippen LogP contribution in [0.5, 0.6) is 17.2 Å². The van der Waals surface area contributed by atoms with Crippen molar-refractivity contribution in [1.29, 1.82) is 0 Å². The topological polar surface area (TPSA) is 86.3 Å². The summed E-state index contributed by atoms with van der Waals surface area (Å²) in [6, 6.07) is 19.0. The largest absolute Gasteiger partial charge is 0.497 e. The molecule has 2 aliphatic heterocycles. The van der Waals surface area contributed by atoms with E-state index in [0.717, 1.165) is 33.7 Å². The van der Waals surface area contributed by atoms with Gasteiger partial charge in [-0.25, -0.2) is 0 Å². The van der Waals surface area contributed by atoms with Crippen LogP contribution in [0, 0.1) is 19.8 Å². The van der Waals surface area contributed by atoms with Crippen molar-refractivity contribution in [2.75, 3.05) is 38.9 Å². The molecule has 0 spiro atoms. The maximum absolute atomic E-state index is 13.5. The number of nitrogens with zero attached hydrogens (tertiary/aromatic N) is 1. The average molecular weight is 531 g/mol. The highest BCUT2D eigenvalue weighted by atomic mass is 16.7. The van der Waals surface area contributed by atoms with Crippen LogP contribution in [0.15, 0.2) is 60.7 Å². The van der Waals surface area contributed by atoms with Gasteiger partial charge in [0, 0.05) is 24.2 Å². The molecule has 3 aromatic carbocycles. The van der Waals surface area contributed by atoms with Crippen LogP contribution in [-0.2, 0) is 14.3 Å². The lowest BCUT2D eigenvalue weighted by molar-refractivity contribution is -0.149. The molecular formula is C31H34N2O6. The predicted molar refractivity (Wildman–Crippen MR) is 147 cm³/mol. The minimum Gasteiger partial charge on any atom is -0.497 e. The van der Waals surface area contributed by atoms with Crippen LogP contribution in [0.3, 0.4) is 0 Å². The Morgan fingerprint density at radius 3 is 2.44 bits per heavy atom. The fraction of sp³-hybridized carbons (Fsp3) is 0.355. The number of hydrogen-bond donors (Lipinski definition) is 1. The molecule has 0 unspecified atom stereocenters. The molecule has 3 aromatic rings. The summed E-state index contributed by atoms with van der Waals surface area (Å²) in [7, 11) is 1.62. The normalized spacial score (nSPS) is 20.1. The van der Waals surface area contributed by atoms with Gasteiger partial charge in [0.1, 0.15) is 5.75 Å². The third-order valence-corrected chi connectivity index (χ3v) is 7.44. The molecule has 204 valence electrons. The number of anilines is 1. The molecule has 2 aliphatic rings. The highest BCUT2D eigenvalue weighted by molar-refractivity contribution is 5.93. The van der Waals surface area contributed by atoms with Gasteiger partial charge in [-0.3, -0.25) is 14.5 Å². The second-order valence-corrected chi connectivity index (χ2v) is 10.0. The van der Waals surface area contributed by atoms with E-state index in [1.54, 1.807) is 14.0 Å². The Balaban J connectivity index is 1.50. The monoisotopic (exact) mass is 530 g/mol. The molecule has 1 amide bonds. The van der Waals surface area contributed by atoms with Crippen molar-refractivity contribution in [1.82, 2.24) is 4.90 Å². The highest BCUT2D eigenvalue weighted by Gasteiger charge is 2.48. The summed E-state index contributed by atoms with van der Waals surface area (Å²) in [5, 5.41) is 3.06. The van der Waals surface area contributed by atoms with Crippen LogP contribution in [0.1, 0.15) is 41.1 Å². The molecule has 39 heavy (non-hydrogen) atoms. The Bertz CT molecular complexity index is 1360. The van der Waals surface area contributed by atoms with Crippen LogP contribution in [0.2, 0.25) is 0 Å². The number of rotatable bonds is 8. The molecule has 1 fully saturated rings. The number of fused-ring (bicyclic) bond motifs is 1. The van der Waals surface area contributed by atoms with Crippen LogP contribution in [-0.4, -0.2) is 50.4 Å². The van der Waals surface area contributed by atoms with E-state index in [4.69, 9.17) is 18.9 Å². The van der Waals surface area contributed by atoms with Gasteiger partial charge in [-0.05, 0) is 67.8 Å². The quantitative estimate of drug-likeness (QED) is 0.410. The zero-order valence-corrected chi connectivity index (χ0v) is 22.7. The first-order chi connectivity index (χ1) is 18.9. The van der Waals surface area contributed by atoms with E-state index in [2.05, 4.69) is 10.2 Å².